The number of rotatable bonds is 3. The zero-order chi connectivity index (χ0) is 14.7. The van der Waals surface area contributed by atoms with Crippen molar-refractivity contribution in [2.45, 2.75) is 27.7 Å². The third-order valence-corrected chi connectivity index (χ3v) is 3.13. The summed E-state index contributed by atoms with van der Waals surface area (Å²) in [5.74, 6) is -0.0358. The second-order valence-electron chi connectivity index (χ2n) is 4.95. The van der Waals surface area contributed by atoms with Crippen molar-refractivity contribution in [3.05, 3.63) is 58.9 Å². The summed E-state index contributed by atoms with van der Waals surface area (Å²) >= 11 is 0. The number of Topliss-reactive ketones (excluding diaryl/α,β-unsaturated/α-hetero) is 1. The molecule has 1 aromatic heterocycles. The highest BCUT2D eigenvalue weighted by Crippen LogP contribution is 2.21. The molecule has 0 aliphatic rings. The molecule has 0 radical (unpaired) electrons. The van der Waals surface area contributed by atoms with Crippen molar-refractivity contribution in [2.75, 3.05) is 0 Å². The summed E-state index contributed by atoms with van der Waals surface area (Å²) in [6.45, 7) is 7.50. The summed E-state index contributed by atoms with van der Waals surface area (Å²) < 4.78 is 0. The van der Waals surface area contributed by atoms with Gasteiger partial charge >= 0.3 is 0 Å². The highest BCUT2D eigenvalue weighted by atomic mass is 16.1. The van der Waals surface area contributed by atoms with E-state index in [2.05, 4.69) is 22.1 Å². The Morgan fingerprint density at radius 3 is 2.45 bits per heavy atom. The van der Waals surface area contributed by atoms with Gasteiger partial charge in [-0.3, -0.25) is 9.79 Å². The minimum atomic E-state index is -0.0358. The zero-order valence-corrected chi connectivity index (χ0v) is 12.3. The number of aliphatic imine (C=N–C) groups is 1. The number of pyridine rings is 1. The maximum atomic E-state index is 11.4. The van der Waals surface area contributed by atoms with Crippen molar-refractivity contribution in [3.8, 4) is 0 Å². The molecular weight excluding hydrogens is 248 g/mol. The molecule has 0 bridgehead atoms. The van der Waals surface area contributed by atoms with Crippen molar-refractivity contribution >= 4 is 17.2 Å². The Labute approximate surface area is 119 Å². The predicted molar refractivity (Wildman–Crippen MR) is 82.0 cm³/mol. The van der Waals surface area contributed by atoms with Crippen LogP contribution in [0.1, 0.15) is 41.2 Å². The van der Waals surface area contributed by atoms with E-state index >= 15 is 0 Å². The maximum absolute atomic E-state index is 11.4. The normalized spacial score (nSPS) is 11.5. The van der Waals surface area contributed by atoms with Gasteiger partial charge in [0.15, 0.2) is 5.78 Å². The van der Waals surface area contributed by atoms with Crippen LogP contribution in [-0.2, 0) is 0 Å². The smallest absolute Gasteiger partial charge is 0.178 e. The fourth-order valence-electron chi connectivity index (χ4n) is 1.91. The van der Waals surface area contributed by atoms with Crippen LogP contribution < -0.4 is 0 Å². The Balaban J connectivity index is 2.42. The second kappa shape index (κ2) is 5.78. The molecular formula is C17H18N2O. The number of benzene rings is 1. The quantitative estimate of drug-likeness (QED) is 0.621. The topological polar surface area (TPSA) is 42.3 Å². The maximum Gasteiger partial charge on any atom is 0.178 e. The van der Waals surface area contributed by atoms with Crippen LogP contribution in [0.5, 0.6) is 0 Å². The fraction of sp³-hybridized carbons (Fsp3) is 0.235. The Kier molecular flexibility index (Phi) is 4.08. The van der Waals surface area contributed by atoms with Crippen molar-refractivity contribution < 1.29 is 4.79 Å². The van der Waals surface area contributed by atoms with Gasteiger partial charge in [-0.1, -0.05) is 18.2 Å². The van der Waals surface area contributed by atoms with Gasteiger partial charge in [0.25, 0.3) is 0 Å². The monoisotopic (exact) mass is 266 g/mol. The number of carbonyl (C=O) groups is 1. The molecule has 0 atom stereocenters. The number of aromatic nitrogens is 1. The van der Waals surface area contributed by atoms with Crippen molar-refractivity contribution in [3.63, 3.8) is 0 Å². The van der Waals surface area contributed by atoms with Gasteiger partial charge in [0, 0.05) is 6.92 Å². The minimum absolute atomic E-state index is 0.0358. The molecule has 0 saturated heterocycles. The fourth-order valence-corrected chi connectivity index (χ4v) is 1.91. The molecule has 2 rings (SSSR count). The molecule has 20 heavy (non-hydrogen) atoms. The number of aryl methyl sites for hydroxylation is 2. The van der Waals surface area contributed by atoms with E-state index in [1.165, 1.54) is 12.5 Å². The molecule has 1 aromatic carbocycles. The lowest BCUT2D eigenvalue weighted by atomic mass is 10.1. The molecule has 0 saturated carbocycles. The molecule has 102 valence electrons. The van der Waals surface area contributed by atoms with Crippen molar-refractivity contribution in [1.82, 2.24) is 4.98 Å². The number of hydrogen-bond donors (Lipinski definition) is 0. The summed E-state index contributed by atoms with van der Waals surface area (Å²) in [5, 5.41) is 0. The third kappa shape index (κ3) is 3.18. The Bertz CT molecular complexity index is 687. The zero-order valence-electron chi connectivity index (χ0n) is 12.3. The second-order valence-corrected chi connectivity index (χ2v) is 4.95. The summed E-state index contributed by atoms with van der Waals surface area (Å²) in [6.07, 6.45) is 0. The molecule has 0 aliphatic carbocycles. The lowest BCUT2D eigenvalue weighted by Crippen LogP contribution is -2.04. The van der Waals surface area contributed by atoms with E-state index in [9.17, 15) is 4.79 Å². The molecule has 0 fully saturated rings. The summed E-state index contributed by atoms with van der Waals surface area (Å²) in [6, 6.07) is 11.6. The highest BCUT2D eigenvalue weighted by Gasteiger charge is 2.05. The van der Waals surface area contributed by atoms with E-state index < -0.39 is 0 Å². The van der Waals surface area contributed by atoms with Gasteiger partial charge in [-0.25, -0.2) is 4.98 Å². The van der Waals surface area contributed by atoms with E-state index in [1.54, 1.807) is 6.07 Å². The SMILES string of the molecule is CC(=O)c1cccc(C(C)=Nc2cc(C)ccc2C)n1. The lowest BCUT2D eigenvalue weighted by molar-refractivity contribution is 0.101. The highest BCUT2D eigenvalue weighted by molar-refractivity contribution is 6.00. The van der Waals surface area contributed by atoms with Gasteiger partial charge in [-0.15, -0.1) is 0 Å². The minimum Gasteiger partial charge on any atom is -0.293 e. The molecule has 0 spiro atoms. The standard InChI is InChI=1S/C17H18N2O/c1-11-8-9-12(2)17(10-11)18-13(3)15-6-5-7-16(19-15)14(4)20/h5-10H,1-4H3. The molecule has 3 heteroatoms. The van der Waals surface area contributed by atoms with Crippen LogP contribution in [-0.4, -0.2) is 16.5 Å². The van der Waals surface area contributed by atoms with Crippen LogP contribution in [0.15, 0.2) is 41.4 Å². The van der Waals surface area contributed by atoms with Gasteiger partial charge in [0.05, 0.1) is 17.1 Å². The first kappa shape index (κ1) is 14.1. The molecule has 0 unspecified atom stereocenters. The van der Waals surface area contributed by atoms with E-state index in [0.29, 0.717) is 5.69 Å². The van der Waals surface area contributed by atoms with Crippen LogP contribution in [0.2, 0.25) is 0 Å². The molecule has 1 heterocycles. The third-order valence-electron chi connectivity index (χ3n) is 3.13. The van der Waals surface area contributed by atoms with Crippen LogP contribution in [0.4, 0.5) is 5.69 Å². The van der Waals surface area contributed by atoms with E-state index in [1.807, 2.05) is 39.0 Å². The summed E-state index contributed by atoms with van der Waals surface area (Å²) in [5.41, 5.74) is 5.25. The number of hydrogen-bond acceptors (Lipinski definition) is 3. The predicted octanol–water partition coefficient (Wildman–Crippen LogP) is 4.04. The van der Waals surface area contributed by atoms with E-state index in [-0.39, 0.29) is 5.78 Å². The van der Waals surface area contributed by atoms with E-state index in [4.69, 9.17) is 0 Å². The van der Waals surface area contributed by atoms with Crippen LogP contribution in [0.3, 0.4) is 0 Å². The lowest BCUT2D eigenvalue weighted by Gasteiger charge is -2.05. The average molecular weight is 266 g/mol. The van der Waals surface area contributed by atoms with Crippen LogP contribution in [0.25, 0.3) is 0 Å². The van der Waals surface area contributed by atoms with Gasteiger partial charge in [0.1, 0.15) is 5.69 Å². The summed E-state index contributed by atoms with van der Waals surface area (Å²) in [7, 11) is 0. The Hall–Kier alpha value is -2.29. The van der Waals surface area contributed by atoms with Crippen LogP contribution in [0, 0.1) is 13.8 Å². The molecule has 3 nitrogen and oxygen atoms in total. The molecule has 0 aliphatic heterocycles. The first-order chi connectivity index (χ1) is 9.47. The molecule has 0 amide bonds. The van der Waals surface area contributed by atoms with Crippen LogP contribution >= 0.6 is 0 Å². The van der Waals surface area contributed by atoms with E-state index in [0.717, 1.165) is 22.7 Å². The van der Waals surface area contributed by atoms with Gasteiger partial charge in [-0.05, 0) is 50.1 Å². The molecule has 2 aromatic rings. The molecule has 0 N–H and O–H groups in total. The first-order valence-electron chi connectivity index (χ1n) is 6.58. The number of nitrogens with zero attached hydrogens (tertiary/aromatic N) is 2. The number of ketones is 1. The average Bonchev–Trinajstić information content (AvgIpc) is 2.43. The Morgan fingerprint density at radius 2 is 1.75 bits per heavy atom. The summed E-state index contributed by atoms with van der Waals surface area (Å²) in [4.78, 5) is 20.3. The first-order valence-corrected chi connectivity index (χ1v) is 6.58. The van der Waals surface area contributed by atoms with Gasteiger partial charge < -0.3 is 0 Å². The van der Waals surface area contributed by atoms with Crippen molar-refractivity contribution in [1.29, 1.82) is 0 Å². The number of carbonyl (C=O) groups excluding carboxylic acids is 1. The van der Waals surface area contributed by atoms with Gasteiger partial charge in [-0.2, -0.15) is 0 Å². The largest absolute Gasteiger partial charge is 0.293 e. The van der Waals surface area contributed by atoms with Crippen molar-refractivity contribution in [2.24, 2.45) is 4.99 Å². The Morgan fingerprint density at radius 1 is 1.05 bits per heavy atom. The van der Waals surface area contributed by atoms with Gasteiger partial charge in [0.2, 0.25) is 0 Å².